The molecule has 0 unspecified atom stereocenters. The molecule has 0 aliphatic rings. The Balaban J connectivity index is 1.52. The Labute approximate surface area is 155 Å². The molecule has 0 atom stereocenters. The van der Waals surface area contributed by atoms with Crippen LogP contribution in [0.4, 0.5) is 5.69 Å². The number of nitrogens with one attached hydrogen (secondary N) is 1. The normalized spacial score (nSPS) is 11.0. The van der Waals surface area contributed by atoms with Crippen LogP contribution in [-0.2, 0) is 11.3 Å². The Morgan fingerprint density at radius 3 is 2.77 bits per heavy atom. The molecular formula is C20H18N4OS. The van der Waals surface area contributed by atoms with Crippen LogP contribution in [0.3, 0.4) is 0 Å². The predicted molar refractivity (Wildman–Crippen MR) is 105 cm³/mol. The highest BCUT2D eigenvalue weighted by molar-refractivity contribution is 7.21. The second-order valence-corrected chi connectivity index (χ2v) is 7.14. The first kappa shape index (κ1) is 16.5. The molecule has 1 N–H and O–H groups in total. The Kier molecular flexibility index (Phi) is 4.50. The van der Waals surface area contributed by atoms with Crippen LogP contribution in [0, 0.1) is 6.92 Å². The minimum atomic E-state index is -0.0354. The van der Waals surface area contributed by atoms with Crippen LogP contribution in [0.25, 0.3) is 20.8 Å². The van der Waals surface area contributed by atoms with Gasteiger partial charge in [-0.05, 0) is 36.8 Å². The van der Waals surface area contributed by atoms with E-state index in [1.54, 1.807) is 22.2 Å². The number of fused-ring (bicyclic) bond motifs is 1. The van der Waals surface area contributed by atoms with E-state index in [9.17, 15) is 4.79 Å². The number of para-hydroxylation sites is 2. The van der Waals surface area contributed by atoms with Crippen LogP contribution in [0.15, 0.2) is 60.9 Å². The van der Waals surface area contributed by atoms with Gasteiger partial charge in [0, 0.05) is 24.7 Å². The lowest BCUT2D eigenvalue weighted by Crippen LogP contribution is -2.15. The number of carbonyl (C=O) groups excluding carboxylic acids is 1. The van der Waals surface area contributed by atoms with Crippen LogP contribution in [0.5, 0.6) is 0 Å². The van der Waals surface area contributed by atoms with Gasteiger partial charge in [0.05, 0.1) is 22.1 Å². The van der Waals surface area contributed by atoms with Crippen molar-refractivity contribution in [1.29, 1.82) is 0 Å². The van der Waals surface area contributed by atoms with Crippen LogP contribution in [0.1, 0.15) is 12.0 Å². The minimum Gasteiger partial charge on any atom is -0.325 e. The van der Waals surface area contributed by atoms with Gasteiger partial charge in [-0.15, -0.1) is 11.3 Å². The molecular weight excluding hydrogens is 344 g/mol. The highest BCUT2D eigenvalue weighted by Crippen LogP contribution is 2.34. The van der Waals surface area contributed by atoms with Crippen molar-refractivity contribution in [3.8, 4) is 10.6 Å². The average Bonchev–Trinajstić information content (AvgIpc) is 3.26. The molecule has 2 heterocycles. The highest BCUT2D eigenvalue weighted by Gasteiger charge is 2.12. The number of anilines is 1. The smallest absolute Gasteiger partial charge is 0.226 e. The zero-order valence-corrected chi connectivity index (χ0v) is 15.2. The maximum absolute atomic E-state index is 12.4. The minimum absolute atomic E-state index is 0.0354. The molecule has 6 heteroatoms. The zero-order chi connectivity index (χ0) is 17.9. The lowest BCUT2D eigenvalue weighted by molar-refractivity contribution is -0.116. The molecule has 4 aromatic rings. The van der Waals surface area contributed by atoms with E-state index < -0.39 is 0 Å². The summed E-state index contributed by atoms with van der Waals surface area (Å²) in [5, 5.41) is 8.14. The third kappa shape index (κ3) is 3.50. The Morgan fingerprint density at radius 1 is 1.15 bits per heavy atom. The van der Waals surface area contributed by atoms with Crippen molar-refractivity contribution in [2.45, 2.75) is 19.9 Å². The number of nitrogens with zero attached hydrogens (tertiary/aromatic N) is 3. The van der Waals surface area contributed by atoms with Crippen molar-refractivity contribution in [3.05, 3.63) is 66.5 Å². The van der Waals surface area contributed by atoms with Crippen molar-refractivity contribution in [3.63, 3.8) is 0 Å². The predicted octanol–water partition coefficient (Wildman–Crippen LogP) is 4.50. The van der Waals surface area contributed by atoms with Gasteiger partial charge in [-0.25, -0.2) is 4.98 Å². The van der Waals surface area contributed by atoms with Gasteiger partial charge in [-0.1, -0.05) is 24.3 Å². The topological polar surface area (TPSA) is 59.8 Å². The monoisotopic (exact) mass is 362 g/mol. The fourth-order valence-corrected chi connectivity index (χ4v) is 3.79. The Bertz CT molecular complexity index is 1030. The summed E-state index contributed by atoms with van der Waals surface area (Å²) in [6.45, 7) is 2.54. The molecule has 0 aliphatic heterocycles. The van der Waals surface area contributed by atoms with E-state index >= 15 is 0 Å². The molecule has 0 saturated carbocycles. The summed E-state index contributed by atoms with van der Waals surface area (Å²) in [6, 6.07) is 15.8. The molecule has 2 aromatic carbocycles. The standard InChI is InChI=1S/C20H18N4OS/c1-14-12-21-24(13-14)11-10-19(25)22-16-7-3-2-6-15(16)20-23-17-8-4-5-9-18(17)26-20/h2-9,12-13H,10-11H2,1H3,(H,22,25). The number of hydrogen-bond acceptors (Lipinski definition) is 4. The van der Waals surface area contributed by atoms with Gasteiger partial charge in [-0.3, -0.25) is 9.48 Å². The van der Waals surface area contributed by atoms with Gasteiger partial charge < -0.3 is 5.32 Å². The third-order valence-electron chi connectivity index (χ3n) is 4.06. The molecule has 0 fully saturated rings. The van der Waals surface area contributed by atoms with E-state index in [-0.39, 0.29) is 5.91 Å². The Hall–Kier alpha value is -2.99. The molecule has 5 nitrogen and oxygen atoms in total. The fourth-order valence-electron chi connectivity index (χ4n) is 2.78. The number of carbonyl (C=O) groups is 1. The number of aromatic nitrogens is 3. The summed E-state index contributed by atoms with van der Waals surface area (Å²) in [6.07, 6.45) is 4.10. The lowest BCUT2D eigenvalue weighted by atomic mass is 10.2. The molecule has 1 amide bonds. The van der Waals surface area contributed by atoms with Gasteiger partial charge in [0.25, 0.3) is 0 Å². The van der Waals surface area contributed by atoms with E-state index in [4.69, 9.17) is 4.98 Å². The van der Waals surface area contributed by atoms with Crippen molar-refractivity contribution in [1.82, 2.24) is 14.8 Å². The summed E-state index contributed by atoms with van der Waals surface area (Å²) < 4.78 is 2.92. The number of thiazole rings is 1. The van der Waals surface area contributed by atoms with Gasteiger partial charge in [0.15, 0.2) is 0 Å². The van der Waals surface area contributed by atoms with Gasteiger partial charge in [-0.2, -0.15) is 5.10 Å². The van der Waals surface area contributed by atoms with Gasteiger partial charge in [0.1, 0.15) is 5.01 Å². The number of aryl methyl sites for hydroxylation is 2. The largest absolute Gasteiger partial charge is 0.325 e. The molecule has 26 heavy (non-hydrogen) atoms. The van der Waals surface area contributed by atoms with Gasteiger partial charge >= 0.3 is 0 Å². The molecule has 0 aliphatic carbocycles. The molecule has 0 spiro atoms. The maximum atomic E-state index is 12.4. The number of amides is 1. The average molecular weight is 362 g/mol. The van der Waals surface area contributed by atoms with Crippen LogP contribution >= 0.6 is 11.3 Å². The van der Waals surface area contributed by atoms with Crippen molar-refractivity contribution >= 4 is 33.1 Å². The molecule has 0 radical (unpaired) electrons. The van der Waals surface area contributed by atoms with E-state index in [1.165, 1.54) is 0 Å². The first-order valence-electron chi connectivity index (χ1n) is 8.43. The molecule has 4 rings (SSSR count). The molecule has 0 bridgehead atoms. The molecule has 0 saturated heterocycles. The highest BCUT2D eigenvalue weighted by atomic mass is 32.1. The van der Waals surface area contributed by atoms with E-state index in [1.807, 2.05) is 55.6 Å². The summed E-state index contributed by atoms with van der Waals surface area (Å²) in [5.41, 5.74) is 3.79. The quantitative estimate of drug-likeness (QED) is 0.569. The summed E-state index contributed by atoms with van der Waals surface area (Å²) >= 11 is 1.63. The van der Waals surface area contributed by atoms with Crippen LogP contribution in [-0.4, -0.2) is 20.7 Å². The number of hydrogen-bond donors (Lipinski definition) is 1. The fraction of sp³-hybridized carbons (Fsp3) is 0.150. The van der Waals surface area contributed by atoms with E-state index in [2.05, 4.69) is 16.5 Å². The van der Waals surface area contributed by atoms with Crippen LogP contribution in [0.2, 0.25) is 0 Å². The maximum Gasteiger partial charge on any atom is 0.226 e. The first-order valence-corrected chi connectivity index (χ1v) is 9.24. The SMILES string of the molecule is Cc1cnn(CCC(=O)Nc2ccccc2-c2nc3ccccc3s2)c1. The molecule has 130 valence electrons. The number of rotatable bonds is 5. The zero-order valence-electron chi connectivity index (χ0n) is 14.3. The lowest BCUT2D eigenvalue weighted by Gasteiger charge is -2.09. The second-order valence-electron chi connectivity index (χ2n) is 6.11. The third-order valence-corrected chi connectivity index (χ3v) is 5.13. The van der Waals surface area contributed by atoms with E-state index in [0.717, 1.165) is 32.0 Å². The second kappa shape index (κ2) is 7.09. The first-order chi connectivity index (χ1) is 12.7. The Morgan fingerprint density at radius 2 is 1.96 bits per heavy atom. The van der Waals surface area contributed by atoms with Crippen molar-refractivity contribution in [2.75, 3.05) is 5.32 Å². The molecule has 2 aromatic heterocycles. The van der Waals surface area contributed by atoms with Crippen LogP contribution < -0.4 is 5.32 Å². The van der Waals surface area contributed by atoms with Crippen molar-refractivity contribution < 1.29 is 4.79 Å². The van der Waals surface area contributed by atoms with Gasteiger partial charge in [0.2, 0.25) is 5.91 Å². The number of benzene rings is 2. The summed E-state index contributed by atoms with van der Waals surface area (Å²) in [5.74, 6) is -0.0354. The van der Waals surface area contributed by atoms with E-state index in [0.29, 0.717) is 13.0 Å². The summed E-state index contributed by atoms with van der Waals surface area (Å²) in [7, 11) is 0. The summed E-state index contributed by atoms with van der Waals surface area (Å²) in [4.78, 5) is 17.1. The van der Waals surface area contributed by atoms with Crippen molar-refractivity contribution in [2.24, 2.45) is 0 Å².